The first kappa shape index (κ1) is 12.6. The molecule has 0 saturated carbocycles. The van der Waals surface area contributed by atoms with Crippen molar-refractivity contribution in [1.29, 1.82) is 0 Å². The third kappa shape index (κ3) is 10.6. The predicted octanol–water partition coefficient (Wildman–Crippen LogP) is 1.47. The van der Waals surface area contributed by atoms with E-state index in [2.05, 4.69) is 28.6 Å². The molecule has 0 aliphatic rings. The van der Waals surface area contributed by atoms with Gasteiger partial charge in [0.2, 0.25) is 0 Å². The Balaban J connectivity index is 3.12. The Morgan fingerprint density at radius 3 is 2.71 bits per heavy atom. The molecule has 0 rings (SSSR count). The molecule has 0 bridgehead atoms. The zero-order valence-electron chi connectivity index (χ0n) is 8.53. The molecule has 0 aromatic rings. The van der Waals surface area contributed by atoms with Gasteiger partial charge in [-0.25, -0.2) is 5.48 Å². The van der Waals surface area contributed by atoms with Gasteiger partial charge in [0.1, 0.15) is 0 Å². The van der Waals surface area contributed by atoms with Crippen molar-refractivity contribution in [3.05, 3.63) is 24.6 Å². The molecular formula is C10H18N2O2. The first-order chi connectivity index (χ1) is 6.91. The molecule has 0 aromatic carbocycles. The molecule has 0 fully saturated rings. The molecule has 0 spiro atoms. The number of unbranched alkanes of at least 4 members (excludes halogenated alkanes) is 1. The van der Waals surface area contributed by atoms with Crippen LogP contribution >= 0.6 is 0 Å². The first-order valence-corrected chi connectivity index (χ1v) is 4.80. The van der Waals surface area contributed by atoms with E-state index in [0.717, 1.165) is 19.4 Å². The van der Waals surface area contributed by atoms with E-state index in [9.17, 15) is 4.79 Å². The Morgan fingerprint density at radius 1 is 1.21 bits per heavy atom. The summed E-state index contributed by atoms with van der Waals surface area (Å²) in [5.74, 6) is 0. The second kappa shape index (κ2) is 11.6. The van der Waals surface area contributed by atoms with Gasteiger partial charge >= 0.3 is 6.47 Å². The van der Waals surface area contributed by atoms with Gasteiger partial charge in [0.25, 0.3) is 0 Å². The van der Waals surface area contributed by atoms with Crippen molar-refractivity contribution >= 4 is 6.47 Å². The highest BCUT2D eigenvalue weighted by Gasteiger charge is 1.78. The second-order valence-electron chi connectivity index (χ2n) is 2.67. The van der Waals surface area contributed by atoms with Crippen molar-refractivity contribution in [3.8, 4) is 0 Å². The minimum Gasteiger partial charge on any atom is -0.391 e. The van der Waals surface area contributed by atoms with E-state index < -0.39 is 0 Å². The molecule has 80 valence electrons. The molecular weight excluding hydrogens is 180 g/mol. The van der Waals surface area contributed by atoms with E-state index in [1.54, 1.807) is 6.20 Å². The van der Waals surface area contributed by atoms with Crippen molar-refractivity contribution < 1.29 is 9.63 Å². The zero-order valence-corrected chi connectivity index (χ0v) is 8.53. The molecule has 0 saturated heterocycles. The molecule has 0 unspecified atom stereocenters. The van der Waals surface area contributed by atoms with Crippen molar-refractivity contribution in [3.63, 3.8) is 0 Å². The fraction of sp³-hybridized carbons (Fsp3) is 0.500. The Labute approximate surface area is 85.0 Å². The molecule has 4 heteroatoms. The van der Waals surface area contributed by atoms with Crippen LogP contribution in [0.15, 0.2) is 24.6 Å². The van der Waals surface area contributed by atoms with E-state index in [0.29, 0.717) is 6.47 Å². The lowest BCUT2D eigenvalue weighted by Gasteiger charge is -1.96. The number of hydroxylamine groups is 1. The molecule has 14 heavy (non-hydrogen) atoms. The van der Waals surface area contributed by atoms with Crippen LogP contribution in [0, 0.1) is 0 Å². The SMILES string of the molecule is CCCC=CNCCC=CNOC=O. The van der Waals surface area contributed by atoms with E-state index in [-0.39, 0.29) is 0 Å². The fourth-order valence-electron chi connectivity index (χ4n) is 0.782. The summed E-state index contributed by atoms with van der Waals surface area (Å²) in [6.07, 6.45) is 10.7. The van der Waals surface area contributed by atoms with Gasteiger partial charge < -0.3 is 10.2 Å². The van der Waals surface area contributed by atoms with Gasteiger partial charge in [0, 0.05) is 12.7 Å². The van der Waals surface area contributed by atoms with Gasteiger partial charge in [0.15, 0.2) is 0 Å². The van der Waals surface area contributed by atoms with Crippen molar-refractivity contribution in [2.75, 3.05) is 6.54 Å². The Hall–Kier alpha value is -1.45. The molecule has 0 aliphatic carbocycles. The van der Waals surface area contributed by atoms with Crippen LogP contribution in [0.4, 0.5) is 0 Å². The van der Waals surface area contributed by atoms with Crippen LogP contribution in [0.3, 0.4) is 0 Å². The third-order valence-electron chi connectivity index (χ3n) is 1.45. The summed E-state index contributed by atoms with van der Waals surface area (Å²) in [7, 11) is 0. The standard InChI is InChI=1S/C10H18N2O2/c1-2-3-4-7-11-8-5-6-9-12-14-10-13/h4,6-7,9-12H,2-3,5,8H2,1H3. The first-order valence-electron chi connectivity index (χ1n) is 4.80. The second-order valence-corrected chi connectivity index (χ2v) is 2.67. The maximum Gasteiger partial charge on any atom is 0.320 e. The minimum absolute atomic E-state index is 0.343. The minimum atomic E-state index is 0.343. The van der Waals surface area contributed by atoms with E-state index >= 15 is 0 Å². The van der Waals surface area contributed by atoms with Gasteiger partial charge in [-0.15, -0.1) is 0 Å². The van der Waals surface area contributed by atoms with Crippen LogP contribution in [0.25, 0.3) is 0 Å². The van der Waals surface area contributed by atoms with E-state index in [1.165, 1.54) is 6.42 Å². The van der Waals surface area contributed by atoms with Gasteiger partial charge in [-0.05, 0) is 19.0 Å². The maximum atomic E-state index is 9.70. The highest BCUT2D eigenvalue weighted by atomic mass is 16.7. The number of nitrogens with one attached hydrogen (secondary N) is 2. The average molecular weight is 198 g/mol. The van der Waals surface area contributed by atoms with Gasteiger partial charge in [0.05, 0.1) is 0 Å². The lowest BCUT2D eigenvalue weighted by molar-refractivity contribution is -0.133. The number of carbonyl (C=O) groups is 1. The summed E-state index contributed by atoms with van der Waals surface area (Å²) in [5, 5.41) is 3.14. The molecule has 4 nitrogen and oxygen atoms in total. The summed E-state index contributed by atoms with van der Waals surface area (Å²) >= 11 is 0. The van der Waals surface area contributed by atoms with E-state index in [1.807, 2.05) is 12.3 Å². The van der Waals surface area contributed by atoms with Gasteiger partial charge in [-0.2, -0.15) is 0 Å². The van der Waals surface area contributed by atoms with Crippen molar-refractivity contribution in [2.24, 2.45) is 0 Å². The smallest absolute Gasteiger partial charge is 0.320 e. The number of carbonyl (C=O) groups excluding carboxylic acids is 1. The lowest BCUT2D eigenvalue weighted by Crippen LogP contribution is -2.07. The summed E-state index contributed by atoms with van der Waals surface area (Å²) < 4.78 is 0. The van der Waals surface area contributed by atoms with Gasteiger partial charge in [-0.1, -0.05) is 25.5 Å². The number of allylic oxidation sites excluding steroid dienone is 1. The number of hydrogen-bond acceptors (Lipinski definition) is 4. The quantitative estimate of drug-likeness (QED) is 0.334. The van der Waals surface area contributed by atoms with E-state index in [4.69, 9.17) is 0 Å². The Bertz CT molecular complexity index is 179. The maximum absolute atomic E-state index is 9.70. The Kier molecular flexibility index (Phi) is 10.4. The highest BCUT2D eigenvalue weighted by molar-refractivity contribution is 5.36. The van der Waals surface area contributed by atoms with Crippen molar-refractivity contribution in [2.45, 2.75) is 26.2 Å². The molecule has 0 aliphatic heterocycles. The Morgan fingerprint density at radius 2 is 2.00 bits per heavy atom. The summed E-state index contributed by atoms with van der Waals surface area (Å²) in [4.78, 5) is 13.9. The van der Waals surface area contributed by atoms with Crippen LogP contribution in [-0.4, -0.2) is 13.0 Å². The third-order valence-corrected chi connectivity index (χ3v) is 1.45. The van der Waals surface area contributed by atoms with Crippen LogP contribution in [-0.2, 0) is 9.63 Å². The molecule has 2 N–H and O–H groups in total. The molecule has 0 amide bonds. The zero-order chi connectivity index (χ0) is 10.5. The average Bonchev–Trinajstić information content (AvgIpc) is 2.21. The van der Waals surface area contributed by atoms with Crippen LogP contribution < -0.4 is 10.8 Å². The van der Waals surface area contributed by atoms with Crippen molar-refractivity contribution in [1.82, 2.24) is 10.8 Å². The normalized spacial score (nSPS) is 10.6. The van der Waals surface area contributed by atoms with Gasteiger partial charge in [-0.3, -0.25) is 4.79 Å². The summed E-state index contributed by atoms with van der Waals surface area (Å²) in [6, 6.07) is 0. The lowest BCUT2D eigenvalue weighted by atomic mass is 10.3. The molecule has 0 aromatic heterocycles. The molecule has 0 atom stereocenters. The number of rotatable bonds is 9. The van der Waals surface area contributed by atoms with Crippen LogP contribution in [0.1, 0.15) is 26.2 Å². The highest BCUT2D eigenvalue weighted by Crippen LogP contribution is 1.86. The summed E-state index contributed by atoms with van der Waals surface area (Å²) in [5.41, 5.74) is 2.35. The predicted molar refractivity (Wildman–Crippen MR) is 56.1 cm³/mol. The summed E-state index contributed by atoms with van der Waals surface area (Å²) in [6.45, 7) is 3.36. The topological polar surface area (TPSA) is 50.4 Å². The largest absolute Gasteiger partial charge is 0.391 e. The molecule has 0 radical (unpaired) electrons. The van der Waals surface area contributed by atoms with Crippen LogP contribution in [0.5, 0.6) is 0 Å². The van der Waals surface area contributed by atoms with Crippen LogP contribution in [0.2, 0.25) is 0 Å². The number of hydrogen-bond donors (Lipinski definition) is 2. The fourth-order valence-corrected chi connectivity index (χ4v) is 0.782. The molecule has 0 heterocycles. The monoisotopic (exact) mass is 198 g/mol.